The molecule has 0 fully saturated rings. The average molecular weight is 247 g/mol. The summed E-state index contributed by atoms with van der Waals surface area (Å²) >= 11 is 0. The highest BCUT2D eigenvalue weighted by atomic mass is 19.1. The molecular formula is C13H14FN3O. The van der Waals surface area contributed by atoms with Crippen LogP contribution in [0.3, 0.4) is 0 Å². The second kappa shape index (κ2) is 4.42. The molecule has 0 aliphatic carbocycles. The van der Waals surface area contributed by atoms with Crippen LogP contribution in [0, 0.1) is 5.82 Å². The molecule has 3 rings (SSSR count). The van der Waals surface area contributed by atoms with Crippen LogP contribution in [0.25, 0.3) is 11.3 Å². The second-order valence-electron chi connectivity index (χ2n) is 4.23. The summed E-state index contributed by atoms with van der Waals surface area (Å²) in [5.74, 6) is 1.37. The van der Waals surface area contributed by atoms with Crippen LogP contribution in [0.1, 0.15) is 5.82 Å². The molecule has 0 unspecified atom stereocenters. The Balaban J connectivity index is 2.14. The third-order valence-electron chi connectivity index (χ3n) is 3.17. The maximum Gasteiger partial charge on any atom is 0.128 e. The zero-order chi connectivity index (χ0) is 12.5. The minimum Gasteiger partial charge on any atom is -0.496 e. The normalized spacial score (nSPS) is 14.3. The number of nitrogens with zero attached hydrogens (tertiary/aromatic N) is 2. The Morgan fingerprint density at radius 2 is 2.33 bits per heavy atom. The van der Waals surface area contributed by atoms with E-state index in [0.29, 0.717) is 5.75 Å². The van der Waals surface area contributed by atoms with Crippen molar-refractivity contribution >= 4 is 0 Å². The first-order valence-electron chi connectivity index (χ1n) is 5.88. The molecule has 5 heteroatoms. The summed E-state index contributed by atoms with van der Waals surface area (Å²) in [5, 5.41) is 3.26. The first-order chi connectivity index (χ1) is 8.79. The van der Waals surface area contributed by atoms with Gasteiger partial charge in [-0.1, -0.05) is 0 Å². The molecule has 2 aromatic rings. The zero-order valence-electron chi connectivity index (χ0n) is 10.1. The SMILES string of the molecule is COc1ccc(F)cc1-c1cnc2n1CCNC2. The highest BCUT2D eigenvalue weighted by Gasteiger charge is 2.17. The summed E-state index contributed by atoms with van der Waals surface area (Å²) in [6.07, 6.45) is 1.78. The van der Waals surface area contributed by atoms with Crippen molar-refractivity contribution in [2.75, 3.05) is 13.7 Å². The Morgan fingerprint density at radius 1 is 1.44 bits per heavy atom. The van der Waals surface area contributed by atoms with Crippen LogP contribution in [0.2, 0.25) is 0 Å². The fourth-order valence-electron chi connectivity index (χ4n) is 2.29. The maximum absolute atomic E-state index is 13.4. The van der Waals surface area contributed by atoms with Crippen LogP contribution in [0.5, 0.6) is 5.75 Å². The zero-order valence-corrected chi connectivity index (χ0v) is 10.1. The van der Waals surface area contributed by atoms with E-state index in [2.05, 4.69) is 14.9 Å². The quantitative estimate of drug-likeness (QED) is 0.879. The van der Waals surface area contributed by atoms with Gasteiger partial charge in [0.05, 0.1) is 25.5 Å². The molecule has 0 atom stereocenters. The number of rotatable bonds is 2. The van der Waals surface area contributed by atoms with Crippen LogP contribution < -0.4 is 10.1 Å². The lowest BCUT2D eigenvalue weighted by Crippen LogP contribution is -2.28. The van der Waals surface area contributed by atoms with Gasteiger partial charge in [0.1, 0.15) is 17.4 Å². The molecule has 0 amide bonds. The first-order valence-corrected chi connectivity index (χ1v) is 5.88. The van der Waals surface area contributed by atoms with E-state index < -0.39 is 0 Å². The Labute approximate surface area is 104 Å². The summed E-state index contributed by atoms with van der Waals surface area (Å²) < 4.78 is 20.8. The van der Waals surface area contributed by atoms with E-state index in [0.717, 1.165) is 36.7 Å². The van der Waals surface area contributed by atoms with Gasteiger partial charge in [0.2, 0.25) is 0 Å². The molecule has 1 aromatic heterocycles. The minimum absolute atomic E-state index is 0.268. The summed E-state index contributed by atoms with van der Waals surface area (Å²) in [6, 6.07) is 4.54. The molecule has 1 aliphatic heterocycles. The molecule has 1 aromatic carbocycles. The molecule has 0 saturated carbocycles. The Kier molecular flexibility index (Phi) is 2.76. The van der Waals surface area contributed by atoms with E-state index in [4.69, 9.17) is 4.74 Å². The monoisotopic (exact) mass is 247 g/mol. The molecule has 2 heterocycles. The molecule has 1 aliphatic rings. The largest absolute Gasteiger partial charge is 0.496 e. The minimum atomic E-state index is -0.268. The number of imidazole rings is 1. The summed E-state index contributed by atoms with van der Waals surface area (Å²) in [7, 11) is 1.59. The first kappa shape index (κ1) is 11.2. The van der Waals surface area contributed by atoms with Crippen molar-refractivity contribution in [3.05, 3.63) is 36.0 Å². The van der Waals surface area contributed by atoms with Gasteiger partial charge in [-0.25, -0.2) is 9.37 Å². The number of hydrogen-bond donors (Lipinski definition) is 1. The molecule has 0 saturated heterocycles. The molecule has 0 radical (unpaired) electrons. The molecule has 1 N–H and O–H groups in total. The van der Waals surface area contributed by atoms with Gasteiger partial charge in [0.25, 0.3) is 0 Å². The van der Waals surface area contributed by atoms with Crippen LogP contribution in [0.4, 0.5) is 4.39 Å². The number of hydrogen-bond acceptors (Lipinski definition) is 3. The number of methoxy groups -OCH3 is 1. The topological polar surface area (TPSA) is 39.1 Å². The van der Waals surface area contributed by atoms with E-state index in [-0.39, 0.29) is 5.82 Å². The number of benzene rings is 1. The standard InChI is InChI=1S/C13H14FN3O/c1-18-12-3-2-9(14)6-10(12)11-7-16-13-8-15-4-5-17(11)13/h2-3,6-7,15H,4-5,8H2,1H3. The Bertz CT molecular complexity index is 580. The molecule has 4 nitrogen and oxygen atoms in total. The highest BCUT2D eigenvalue weighted by Crippen LogP contribution is 2.31. The summed E-state index contributed by atoms with van der Waals surface area (Å²) in [5.41, 5.74) is 1.65. The van der Waals surface area contributed by atoms with Gasteiger partial charge in [0, 0.05) is 18.7 Å². The van der Waals surface area contributed by atoms with Crippen molar-refractivity contribution in [3.63, 3.8) is 0 Å². The van der Waals surface area contributed by atoms with E-state index in [9.17, 15) is 4.39 Å². The fourth-order valence-corrected chi connectivity index (χ4v) is 2.29. The van der Waals surface area contributed by atoms with Crippen molar-refractivity contribution in [2.24, 2.45) is 0 Å². The second-order valence-corrected chi connectivity index (χ2v) is 4.23. The number of fused-ring (bicyclic) bond motifs is 1. The van der Waals surface area contributed by atoms with E-state index in [1.54, 1.807) is 19.4 Å². The van der Waals surface area contributed by atoms with Crippen LogP contribution in [-0.4, -0.2) is 23.2 Å². The van der Waals surface area contributed by atoms with Crippen molar-refractivity contribution < 1.29 is 9.13 Å². The van der Waals surface area contributed by atoms with Gasteiger partial charge in [-0.05, 0) is 18.2 Å². The van der Waals surface area contributed by atoms with Crippen molar-refractivity contribution in [1.29, 1.82) is 0 Å². The van der Waals surface area contributed by atoms with Gasteiger partial charge in [-0.3, -0.25) is 0 Å². The Hall–Kier alpha value is -1.88. The van der Waals surface area contributed by atoms with Crippen LogP contribution in [0.15, 0.2) is 24.4 Å². The van der Waals surface area contributed by atoms with Gasteiger partial charge in [0.15, 0.2) is 0 Å². The smallest absolute Gasteiger partial charge is 0.128 e. The number of ether oxygens (including phenoxy) is 1. The highest BCUT2D eigenvalue weighted by molar-refractivity contribution is 5.67. The third-order valence-corrected chi connectivity index (χ3v) is 3.17. The number of halogens is 1. The molecule has 0 spiro atoms. The Morgan fingerprint density at radius 3 is 3.17 bits per heavy atom. The lowest BCUT2D eigenvalue weighted by Gasteiger charge is -2.18. The fraction of sp³-hybridized carbons (Fsp3) is 0.308. The average Bonchev–Trinajstić information content (AvgIpc) is 2.82. The third kappa shape index (κ3) is 1.76. The van der Waals surface area contributed by atoms with Crippen molar-refractivity contribution in [1.82, 2.24) is 14.9 Å². The molecular weight excluding hydrogens is 233 g/mol. The molecule has 18 heavy (non-hydrogen) atoms. The van der Waals surface area contributed by atoms with E-state index >= 15 is 0 Å². The molecule has 0 bridgehead atoms. The van der Waals surface area contributed by atoms with E-state index in [1.807, 2.05) is 0 Å². The lowest BCUT2D eigenvalue weighted by atomic mass is 10.1. The van der Waals surface area contributed by atoms with Crippen molar-refractivity contribution in [2.45, 2.75) is 13.1 Å². The molecule has 94 valence electrons. The van der Waals surface area contributed by atoms with Crippen LogP contribution >= 0.6 is 0 Å². The van der Waals surface area contributed by atoms with Crippen LogP contribution in [-0.2, 0) is 13.1 Å². The van der Waals surface area contributed by atoms with Gasteiger partial charge >= 0.3 is 0 Å². The predicted molar refractivity (Wildman–Crippen MR) is 65.9 cm³/mol. The summed E-state index contributed by atoms with van der Waals surface area (Å²) in [4.78, 5) is 4.36. The lowest BCUT2D eigenvalue weighted by molar-refractivity contribution is 0.414. The van der Waals surface area contributed by atoms with Crippen molar-refractivity contribution in [3.8, 4) is 17.0 Å². The van der Waals surface area contributed by atoms with Gasteiger partial charge < -0.3 is 14.6 Å². The van der Waals surface area contributed by atoms with E-state index in [1.165, 1.54) is 12.1 Å². The number of nitrogens with one attached hydrogen (secondary N) is 1. The summed E-state index contributed by atoms with van der Waals surface area (Å²) in [6.45, 7) is 2.48. The van der Waals surface area contributed by atoms with Gasteiger partial charge in [-0.15, -0.1) is 0 Å². The number of aromatic nitrogens is 2. The maximum atomic E-state index is 13.4. The predicted octanol–water partition coefficient (Wildman–Crippen LogP) is 1.80. The van der Waals surface area contributed by atoms with Gasteiger partial charge in [-0.2, -0.15) is 0 Å².